The Bertz CT molecular complexity index is 1010. The lowest BCUT2D eigenvalue weighted by atomic mass is 9.99. The first-order valence-electron chi connectivity index (χ1n) is 29.2. The molecule has 0 saturated heterocycles. The van der Waals surface area contributed by atoms with Crippen molar-refractivity contribution in [3.63, 3.8) is 0 Å². The topological polar surface area (TPSA) is 78.9 Å². The first-order chi connectivity index (χ1) is 31.7. The zero-order valence-corrected chi connectivity index (χ0v) is 44.8. The number of hydrogen-bond donors (Lipinski definition) is 0. The van der Waals surface area contributed by atoms with Gasteiger partial charge in [0.05, 0.1) is 0 Å². The molecule has 0 fully saturated rings. The van der Waals surface area contributed by atoms with Crippen LogP contribution in [-0.4, -0.2) is 37.2 Å². The Kier molecular flexibility index (Phi) is 49.1. The van der Waals surface area contributed by atoms with E-state index in [9.17, 15) is 14.4 Å². The summed E-state index contributed by atoms with van der Waals surface area (Å²) >= 11 is 0. The third-order valence-electron chi connectivity index (χ3n) is 14.1. The second kappa shape index (κ2) is 50.3. The lowest BCUT2D eigenvalue weighted by Crippen LogP contribution is -2.30. The van der Waals surface area contributed by atoms with E-state index in [1.165, 1.54) is 205 Å². The Hall–Kier alpha value is -1.59. The monoisotopic (exact) mass is 919 g/mol. The van der Waals surface area contributed by atoms with E-state index >= 15 is 0 Å². The molecule has 2 unspecified atom stereocenters. The van der Waals surface area contributed by atoms with Crippen LogP contribution in [0, 0.1) is 17.8 Å². The first-order valence-corrected chi connectivity index (χ1v) is 29.2. The number of unbranched alkanes of at least 4 members (excludes halogenated alkanes) is 33. The van der Waals surface area contributed by atoms with Crippen molar-refractivity contribution in [2.45, 2.75) is 330 Å². The Labute approximate surface area is 406 Å². The van der Waals surface area contributed by atoms with Gasteiger partial charge in [-0.2, -0.15) is 0 Å². The van der Waals surface area contributed by atoms with Gasteiger partial charge < -0.3 is 14.2 Å². The van der Waals surface area contributed by atoms with E-state index in [1.807, 2.05) is 0 Å². The Morgan fingerprint density at radius 2 is 0.538 bits per heavy atom. The molecule has 6 nitrogen and oxygen atoms in total. The van der Waals surface area contributed by atoms with E-state index in [0.717, 1.165) is 75.5 Å². The largest absolute Gasteiger partial charge is 0.462 e. The molecule has 0 spiro atoms. The lowest BCUT2D eigenvalue weighted by molar-refractivity contribution is -0.167. The van der Waals surface area contributed by atoms with Crippen LogP contribution in [0.5, 0.6) is 0 Å². The van der Waals surface area contributed by atoms with Crippen molar-refractivity contribution in [3.8, 4) is 0 Å². The predicted octanol–water partition coefficient (Wildman–Crippen LogP) is 19.1. The minimum absolute atomic E-state index is 0.0643. The minimum Gasteiger partial charge on any atom is -0.462 e. The number of carbonyl (C=O) groups is 3. The number of carbonyl (C=O) groups excluding carboxylic acids is 3. The van der Waals surface area contributed by atoms with Crippen molar-refractivity contribution in [1.82, 2.24) is 0 Å². The standard InChI is InChI=1S/C59H114O6/c1-7-54(5)46-40-34-28-22-17-15-13-11-9-10-12-14-16-18-24-32-38-44-50-59(62)65-56(52-64-58(61)49-43-37-31-26-25-29-35-41-47-55(6)8-2)51-63-57(60)48-42-36-30-23-20-19-21-27-33-39-45-53(3)4/h53-56H,7-52H2,1-6H3/t54?,55?,56-/m0/s1. The molecule has 0 aliphatic carbocycles. The highest BCUT2D eigenvalue weighted by Gasteiger charge is 2.19. The smallest absolute Gasteiger partial charge is 0.306 e. The molecule has 0 aromatic heterocycles. The third kappa shape index (κ3) is 50.1. The van der Waals surface area contributed by atoms with Crippen LogP contribution in [0.15, 0.2) is 0 Å². The fraction of sp³-hybridized carbons (Fsp3) is 0.949. The van der Waals surface area contributed by atoms with Crippen molar-refractivity contribution < 1.29 is 28.6 Å². The second-order valence-electron chi connectivity index (χ2n) is 21.2. The first kappa shape index (κ1) is 63.4. The molecule has 0 saturated carbocycles. The van der Waals surface area contributed by atoms with Crippen LogP contribution >= 0.6 is 0 Å². The van der Waals surface area contributed by atoms with Gasteiger partial charge in [-0.05, 0) is 37.0 Å². The van der Waals surface area contributed by atoms with Crippen molar-refractivity contribution >= 4 is 17.9 Å². The summed E-state index contributed by atoms with van der Waals surface area (Å²) in [6.45, 7) is 13.8. The third-order valence-corrected chi connectivity index (χ3v) is 14.1. The van der Waals surface area contributed by atoms with Gasteiger partial charge in [0.1, 0.15) is 13.2 Å². The van der Waals surface area contributed by atoms with E-state index in [2.05, 4.69) is 41.5 Å². The summed E-state index contributed by atoms with van der Waals surface area (Å²) in [5.41, 5.74) is 0. The molecule has 0 amide bonds. The van der Waals surface area contributed by atoms with Crippen LogP contribution in [0.2, 0.25) is 0 Å². The summed E-state index contributed by atoms with van der Waals surface area (Å²) in [7, 11) is 0. The van der Waals surface area contributed by atoms with E-state index in [1.54, 1.807) is 0 Å². The molecule has 0 aromatic carbocycles. The van der Waals surface area contributed by atoms with Crippen molar-refractivity contribution in [2.75, 3.05) is 13.2 Å². The lowest BCUT2D eigenvalue weighted by Gasteiger charge is -2.18. The fourth-order valence-electron chi connectivity index (χ4n) is 8.93. The maximum absolute atomic E-state index is 12.9. The van der Waals surface area contributed by atoms with E-state index < -0.39 is 6.10 Å². The SMILES string of the molecule is CCC(C)CCCCCCCCCCCCCCCCCCCCC(=O)O[C@@H](COC(=O)CCCCCCCCCCCCC(C)C)COC(=O)CCCCCCCCCCC(C)CC. The van der Waals surface area contributed by atoms with Crippen molar-refractivity contribution in [1.29, 1.82) is 0 Å². The van der Waals surface area contributed by atoms with Gasteiger partial charge in [0.2, 0.25) is 0 Å². The fourth-order valence-corrected chi connectivity index (χ4v) is 8.93. The molecular weight excluding hydrogens is 805 g/mol. The highest BCUT2D eigenvalue weighted by molar-refractivity contribution is 5.71. The van der Waals surface area contributed by atoms with Gasteiger partial charge in [-0.1, -0.05) is 286 Å². The van der Waals surface area contributed by atoms with Gasteiger partial charge in [0.25, 0.3) is 0 Å². The Balaban J connectivity index is 4.25. The minimum atomic E-state index is -0.764. The summed E-state index contributed by atoms with van der Waals surface area (Å²) in [6, 6.07) is 0. The molecule has 0 aromatic rings. The van der Waals surface area contributed by atoms with Gasteiger partial charge in [-0.15, -0.1) is 0 Å². The van der Waals surface area contributed by atoms with E-state index in [-0.39, 0.29) is 31.1 Å². The van der Waals surface area contributed by atoms with Gasteiger partial charge in [0.15, 0.2) is 6.10 Å². The molecule has 0 N–H and O–H groups in total. The number of esters is 3. The van der Waals surface area contributed by atoms with Crippen molar-refractivity contribution in [2.24, 2.45) is 17.8 Å². The number of rotatable bonds is 52. The summed E-state index contributed by atoms with van der Waals surface area (Å²) < 4.78 is 16.9. The maximum Gasteiger partial charge on any atom is 0.306 e. The summed E-state index contributed by atoms with van der Waals surface area (Å²) in [5, 5.41) is 0. The van der Waals surface area contributed by atoms with Crippen LogP contribution in [0.3, 0.4) is 0 Å². The molecule has 0 radical (unpaired) electrons. The van der Waals surface area contributed by atoms with Gasteiger partial charge in [0, 0.05) is 19.3 Å². The molecule has 0 aliphatic rings. The van der Waals surface area contributed by atoms with Crippen molar-refractivity contribution in [3.05, 3.63) is 0 Å². The quantitative estimate of drug-likeness (QED) is 0.0344. The van der Waals surface area contributed by atoms with Gasteiger partial charge >= 0.3 is 17.9 Å². The molecule has 0 heterocycles. The average Bonchev–Trinajstić information content (AvgIpc) is 3.29. The van der Waals surface area contributed by atoms with E-state index in [4.69, 9.17) is 14.2 Å². The van der Waals surface area contributed by atoms with Crippen LogP contribution in [0.4, 0.5) is 0 Å². The average molecular weight is 920 g/mol. The zero-order valence-electron chi connectivity index (χ0n) is 44.8. The normalized spacial score (nSPS) is 13.0. The molecule has 6 heteroatoms. The zero-order chi connectivity index (χ0) is 47.7. The number of hydrogen-bond acceptors (Lipinski definition) is 6. The second-order valence-corrected chi connectivity index (χ2v) is 21.2. The van der Waals surface area contributed by atoms with E-state index in [0.29, 0.717) is 19.3 Å². The Morgan fingerprint density at radius 1 is 0.308 bits per heavy atom. The molecule has 0 bridgehead atoms. The molecular formula is C59H114O6. The molecule has 65 heavy (non-hydrogen) atoms. The molecule has 386 valence electrons. The summed E-state index contributed by atoms with van der Waals surface area (Å²) in [6.07, 6.45) is 52.3. The highest BCUT2D eigenvalue weighted by atomic mass is 16.6. The molecule has 3 atom stereocenters. The molecule has 0 aliphatic heterocycles. The summed E-state index contributed by atoms with van der Waals surface area (Å²) in [4.78, 5) is 38.1. The Morgan fingerprint density at radius 3 is 0.800 bits per heavy atom. The molecule has 0 rings (SSSR count). The van der Waals surface area contributed by atoms with Crippen LogP contribution < -0.4 is 0 Å². The predicted molar refractivity (Wildman–Crippen MR) is 279 cm³/mol. The van der Waals surface area contributed by atoms with Gasteiger partial charge in [-0.25, -0.2) is 0 Å². The highest BCUT2D eigenvalue weighted by Crippen LogP contribution is 2.19. The summed E-state index contributed by atoms with van der Waals surface area (Å²) in [5.74, 6) is 1.73. The maximum atomic E-state index is 12.9. The van der Waals surface area contributed by atoms with Crippen LogP contribution in [-0.2, 0) is 28.6 Å². The van der Waals surface area contributed by atoms with Gasteiger partial charge in [-0.3, -0.25) is 14.4 Å². The van der Waals surface area contributed by atoms with Crippen LogP contribution in [0.25, 0.3) is 0 Å². The van der Waals surface area contributed by atoms with Crippen LogP contribution in [0.1, 0.15) is 324 Å². The number of ether oxygens (including phenoxy) is 3.